The molecule has 0 amide bonds. The molecule has 1 aliphatic heterocycles. The van der Waals surface area contributed by atoms with Crippen LogP contribution in [0.25, 0.3) is 0 Å². The van der Waals surface area contributed by atoms with E-state index in [4.69, 9.17) is 5.11 Å². The largest absolute Gasteiger partial charge is 0.478 e. The first-order valence-electron chi connectivity index (χ1n) is 5.99. The van der Waals surface area contributed by atoms with Crippen LogP contribution in [0.1, 0.15) is 29.6 Å². The molecule has 1 saturated heterocycles. The summed E-state index contributed by atoms with van der Waals surface area (Å²) in [6, 6.07) is 3.93. The molecule has 1 N–H and O–H groups in total. The number of aromatic carboxylic acids is 1. The molecule has 1 heterocycles. The Hall–Kier alpha value is -1.05. The maximum Gasteiger partial charge on any atom is 0.335 e. The van der Waals surface area contributed by atoms with Crippen LogP contribution >= 0.6 is 12.6 Å². The zero-order valence-corrected chi connectivity index (χ0v) is 12.0. The van der Waals surface area contributed by atoms with Gasteiger partial charge in [0, 0.05) is 18.0 Å². The third-order valence-corrected chi connectivity index (χ3v) is 5.62. The Kier molecular flexibility index (Phi) is 4.17. The van der Waals surface area contributed by atoms with E-state index < -0.39 is 16.0 Å². The Balaban J connectivity index is 2.44. The van der Waals surface area contributed by atoms with Crippen molar-refractivity contribution in [3.05, 3.63) is 23.8 Å². The predicted molar refractivity (Wildman–Crippen MR) is 73.3 cm³/mol. The molecule has 1 aromatic carbocycles. The van der Waals surface area contributed by atoms with Crippen molar-refractivity contribution in [1.82, 2.24) is 4.31 Å². The minimum atomic E-state index is -3.66. The van der Waals surface area contributed by atoms with E-state index in [1.54, 1.807) is 0 Å². The van der Waals surface area contributed by atoms with E-state index in [2.05, 4.69) is 12.6 Å². The smallest absolute Gasteiger partial charge is 0.335 e. The molecule has 0 atom stereocenters. The third-order valence-electron chi connectivity index (χ3n) is 3.14. The molecule has 0 bridgehead atoms. The minimum Gasteiger partial charge on any atom is -0.478 e. The van der Waals surface area contributed by atoms with Crippen LogP contribution in [-0.4, -0.2) is 36.9 Å². The van der Waals surface area contributed by atoms with Crippen molar-refractivity contribution in [3.8, 4) is 0 Å². The van der Waals surface area contributed by atoms with Crippen molar-refractivity contribution in [2.75, 3.05) is 13.1 Å². The van der Waals surface area contributed by atoms with Crippen molar-refractivity contribution in [3.63, 3.8) is 0 Å². The summed E-state index contributed by atoms with van der Waals surface area (Å²) in [7, 11) is -3.66. The Morgan fingerprint density at radius 1 is 1.21 bits per heavy atom. The normalized spacial score (nSPS) is 17.3. The maximum atomic E-state index is 12.5. The highest BCUT2D eigenvalue weighted by atomic mass is 32.2. The zero-order chi connectivity index (χ0) is 14.0. The Labute approximate surface area is 117 Å². The molecule has 1 aromatic rings. The summed E-state index contributed by atoms with van der Waals surface area (Å²) in [4.78, 5) is 11.2. The molecule has 0 unspecified atom stereocenters. The summed E-state index contributed by atoms with van der Waals surface area (Å²) in [6.07, 6.45) is 2.69. The fourth-order valence-electron chi connectivity index (χ4n) is 2.10. The van der Waals surface area contributed by atoms with Gasteiger partial charge in [-0.1, -0.05) is 6.42 Å². The molecule has 0 spiro atoms. The van der Waals surface area contributed by atoms with Gasteiger partial charge in [0.2, 0.25) is 10.0 Å². The standard InChI is InChI=1S/C12H15NO4S2/c14-12(15)9-4-5-10(18)11(8-9)19(16,17)13-6-2-1-3-7-13/h4-5,8,18H,1-3,6-7H2,(H,14,15). The number of carbonyl (C=O) groups is 1. The maximum absolute atomic E-state index is 12.5. The lowest BCUT2D eigenvalue weighted by Crippen LogP contribution is -2.35. The Morgan fingerprint density at radius 2 is 1.84 bits per heavy atom. The number of benzene rings is 1. The fourth-order valence-corrected chi connectivity index (χ4v) is 4.21. The number of hydrogen-bond acceptors (Lipinski definition) is 4. The van der Waals surface area contributed by atoms with Gasteiger partial charge in [-0.3, -0.25) is 0 Å². The molecule has 0 saturated carbocycles. The molecule has 1 fully saturated rings. The summed E-state index contributed by atoms with van der Waals surface area (Å²) in [5, 5.41) is 8.94. The lowest BCUT2D eigenvalue weighted by molar-refractivity contribution is 0.0696. The lowest BCUT2D eigenvalue weighted by Gasteiger charge is -2.26. The highest BCUT2D eigenvalue weighted by molar-refractivity contribution is 7.90. The number of nitrogens with zero attached hydrogens (tertiary/aromatic N) is 1. The molecular weight excluding hydrogens is 286 g/mol. The minimum absolute atomic E-state index is 0.0300. The molecule has 1 aliphatic rings. The average Bonchev–Trinajstić information content (AvgIpc) is 2.39. The summed E-state index contributed by atoms with van der Waals surface area (Å²) < 4.78 is 26.3. The number of piperidine rings is 1. The van der Waals surface area contributed by atoms with Gasteiger partial charge in [0.1, 0.15) is 0 Å². The van der Waals surface area contributed by atoms with Crippen LogP contribution in [0.3, 0.4) is 0 Å². The summed E-state index contributed by atoms with van der Waals surface area (Å²) in [5.41, 5.74) is -0.0478. The second-order valence-corrected chi connectivity index (χ2v) is 6.84. The number of rotatable bonds is 3. The van der Waals surface area contributed by atoms with Crippen LogP contribution in [0.15, 0.2) is 28.0 Å². The van der Waals surface area contributed by atoms with Gasteiger partial charge in [-0.25, -0.2) is 13.2 Å². The van der Waals surface area contributed by atoms with Gasteiger partial charge >= 0.3 is 5.97 Å². The zero-order valence-electron chi connectivity index (χ0n) is 10.2. The van der Waals surface area contributed by atoms with Crippen LogP contribution in [0.4, 0.5) is 0 Å². The van der Waals surface area contributed by atoms with E-state index in [0.29, 0.717) is 13.1 Å². The molecular formula is C12H15NO4S2. The molecule has 0 aliphatic carbocycles. The quantitative estimate of drug-likeness (QED) is 0.836. The van der Waals surface area contributed by atoms with Gasteiger partial charge in [0.05, 0.1) is 10.5 Å². The third kappa shape index (κ3) is 2.93. The van der Waals surface area contributed by atoms with Crippen LogP contribution in [0, 0.1) is 0 Å². The first kappa shape index (κ1) is 14.4. The summed E-state index contributed by atoms with van der Waals surface area (Å²) in [5.74, 6) is -1.15. The highest BCUT2D eigenvalue weighted by Gasteiger charge is 2.28. The lowest BCUT2D eigenvalue weighted by atomic mass is 10.2. The van der Waals surface area contributed by atoms with Gasteiger partial charge in [-0.05, 0) is 31.0 Å². The monoisotopic (exact) mass is 301 g/mol. The van der Waals surface area contributed by atoms with Crippen molar-refractivity contribution < 1.29 is 18.3 Å². The summed E-state index contributed by atoms with van der Waals surface area (Å²) >= 11 is 4.13. The molecule has 2 rings (SSSR count). The van der Waals surface area contributed by atoms with Crippen molar-refractivity contribution in [2.24, 2.45) is 0 Å². The molecule has 19 heavy (non-hydrogen) atoms. The first-order chi connectivity index (χ1) is 8.93. The fraction of sp³-hybridized carbons (Fsp3) is 0.417. The first-order valence-corrected chi connectivity index (χ1v) is 7.88. The van der Waals surface area contributed by atoms with Gasteiger partial charge in [0.25, 0.3) is 0 Å². The second-order valence-electron chi connectivity index (χ2n) is 4.45. The van der Waals surface area contributed by atoms with Crippen molar-refractivity contribution in [1.29, 1.82) is 0 Å². The van der Waals surface area contributed by atoms with Crippen LogP contribution < -0.4 is 0 Å². The molecule has 0 aromatic heterocycles. The van der Waals surface area contributed by atoms with E-state index in [1.165, 1.54) is 22.5 Å². The van der Waals surface area contributed by atoms with E-state index in [1.807, 2.05) is 0 Å². The number of thiol groups is 1. The molecule has 7 heteroatoms. The molecule has 5 nitrogen and oxygen atoms in total. The molecule has 0 radical (unpaired) electrons. The van der Waals surface area contributed by atoms with E-state index in [-0.39, 0.29) is 15.4 Å². The summed E-state index contributed by atoms with van der Waals surface area (Å²) in [6.45, 7) is 0.958. The SMILES string of the molecule is O=C(O)c1ccc(S)c(S(=O)(=O)N2CCCCC2)c1. The van der Waals surface area contributed by atoms with E-state index in [9.17, 15) is 13.2 Å². The van der Waals surface area contributed by atoms with Gasteiger partial charge in [-0.2, -0.15) is 4.31 Å². The average molecular weight is 301 g/mol. The van der Waals surface area contributed by atoms with Crippen LogP contribution in [0.2, 0.25) is 0 Å². The number of carboxylic acids is 1. The van der Waals surface area contributed by atoms with Crippen LogP contribution in [0.5, 0.6) is 0 Å². The predicted octanol–water partition coefficient (Wildman–Crippen LogP) is 1.85. The second kappa shape index (κ2) is 5.52. The van der Waals surface area contributed by atoms with Gasteiger partial charge in [-0.15, -0.1) is 12.6 Å². The number of carboxylic acid groups (broad SMARTS) is 1. The molecule has 104 valence electrons. The number of hydrogen-bond donors (Lipinski definition) is 2. The van der Waals surface area contributed by atoms with Crippen molar-refractivity contribution in [2.45, 2.75) is 29.1 Å². The van der Waals surface area contributed by atoms with Gasteiger partial charge in [0.15, 0.2) is 0 Å². The topological polar surface area (TPSA) is 74.7 Å². The Morgan fingerprint density at radius 3 is 2.42 bits per heavy atom. The van der Waals surface area contributed by atoms with E-state index in [0.717, 1.165) is 19.3 Å². The van der Waals surface area contributed by atoms with Crippen LogP contribution in [-0.2, 0) is 10.0 Å². The van der Waals surface area contributed by atoms with E-state index >= 15 is 0 Å². The Bertz CT molecular complexity index is 592. The number of sulfonamides is 1. The van der Waals surface area contributed by atoms with Crippen molar-refractivity contribution >= 4 is 28.6 Å². The highest BCUT2D eigenvalue weighted by Crippen LogP contribution is 2.26. The van der Waals surface area contributed by atoms with Gasteiger partial charge < -0.3 is 5.11 Å².